The molecule has 8 heteroatoms. The molecule has 2 N–H and O–H groups in total. The standard InChI is InChI=1S/C10H11N3O5/c1-2-17-9(15)12-13-10(16)18-8(14)7-3-5-11-6-4-7/h3-6H,2H2,1H3,(H,12,15)(H,13,16). The number of hydrogen-bond donors (Lipinski definition) is 2. The zero-order valence-electron chi connectivity index (χ0n) is 9.50. The Labute approximate surface area is 102 Å². The maximum absolute atomic E-state index is 11.4. The number of amides is 2. The summed E-state index contributed by atoms with van der Waals surface area (Å²) in [6.07, 6.45) is 0.784. The third-order valence-electron chi connectivity index (χ3n) is 1.64. The molecule has 0 saturated carbocycles. The van der Waals surface area contributed by atoms with Crippen LogP contribution in [0.5, 0.6) is 0 Å². The van der Waals surface area contributed by atoms with Gasteiger partial charge in [0.15, 0.2) is 0 Å². The van der Waals surface area contributed by atoms with Crippen LogP contribution in [0.15, 0.2) is 24.5 Å². The second-order valence-electron chi connectivity index (χ2n) is 2.88. The van der Waals surface area contributed by atoms with Crippen molar-refractivity contribution in [1.82, 2.24) is 15.8 Å². The van der Waals surface area contributed by atoms with Crippen LogP contribution in [0.4, 0.5) is 9.59 Å². The van der Waals surface area contributed by atoms with Gasteiger partial charge in [-0.3, -0.25) is 4.98 Å². The first-order chi connectivity index (χ1) is 8.63. The quantitative estimate of drug-likeness (QED) is 0.454. The van der Waals surface area contributed by atoms with Crippen LogP contribution in [-0.4, -0.2) is 29.7 Å². The molecule has 0 bridgehead atoms. The molecule has 96 valence electrons. The predicted molar refractivity (Wildman–Crippen MR) is 58.3 cm³/mol. The van der Waals surface area contributed by atoms with E-state index >= 15 is 0 Å². The zero-order valence-corrected chi connectivity index (χ0v) is 9.50. The summed E-state index contributed by atoms with van der Waals surface area (Å²) in [6.45, 7) is 1.75. The van der Waals surface area contributed by atoms with Gasteiger partial charge in [-0.05, 0) is 19.1 Å². The molecule has 8 nitrogen and oxygen atoms in total. The number of esters is 1. The van der Waals surface area contributed by atoms with Gasteiger partial charge in [0.25, 0.3) is 0 Å². The van der Waals surface area contributed by atoms with E-state index < -0.39 is 18.2 Å². The van der Waals surface area contributed by atoms with Crippen LogP contribution < -0.4 is 10.9 Å². The summed E-state index contributed by atoms with van der Waals surface area (Å²) in [7, 11) is 0. The number of aromatic nitrogens is 1. The van der Waals surface area contributed by atoms with E-state index in [-0.39, 0.29) is 12.2 Å². The van der Waals surface area contributed by atoms with Gasteiger partial charge < -0.3 is 9.47 Å². The first kappa shape index (κ1) is 13.4. The highest BCUT2D eigenvalue weighted by molar-refractivity contribution is 5.96. The van der Waals surface area contributed by atoms with Crippen LogP contribution in [0.25, 0.3) is 0 Å². The van der Waals surface area contributed by atoms with Gasteiger partial charge >= 0.3 is 18.2 Å². The lowest BCUT2D eigenvalue weighted by molar-refractivity contribution is 0.0611. The summed E-state index contributed by atoms with van der Waals surface area (Å²) < 4.78 is 8.85. The van der Waals surface area contributed by atoms with E-state index in [0.29, 0.717) is 0 Å². The van der Waals surface area contributed by atoms with Crippen molar-refractivity contribution in [2.24, 2.45) is 0 Å². The fourth-order valence-electron chi connectivity index (χ4n) is 0.926. The molecule has 1 heterocycles. The summed E-state index contributed by atoms with van der Waals surface area (Å²) in [5.41, 5.74) is 3.90. The molecule has 0 aliphatic rings. The maximum atomic E-state index is 11.4. The molecule has 0 aromatic carbocycles. The lowest BCUT2D eigenvalue weighted by atomic mass is 10.3. The summed E-state index contributed by atoms with van der Waals surface area (Å²) in [6, 6.07) is 2.77. The van der Waals surface area contributed by atoms with E-state index in [9.17, 15) is 14.4 Å². The van der Waals surface area contributed by atoms with E-state index in [2.05, 4.69) is 14.5 Å². The van der Waals surface area contributed by atoms with Crippen molar-refractivity contribution in [3.05, 3.63) is 30.1 Å². The molecule has 1 aromatic heterocycles. The molecule has 0 aliphatic carbocycles. The van der Waals surface area contributed by atoms with Crippen LogP contribution in [0, 0.1) is 0 Å². The lowest BCUT2D eigenvalue weighted by Crippen LogP contribution is -2.42. The second-order valence-corrected chi connectivity index (χ2v) is 2.88. The number of nitrogens with zero attached hydrogens (tertiary/aromatic N) is 1. The highest BCUT2D eigenvalue weighted by Gasteiger charge is 2.13. The molecule has 0 saturated heterocycles. The van der Waals surface area contributed by atoms with Gasteiger partial charge in [0, 0.05) is 12.4 Å². The Morgan fingerprint density at radius 1 is 1.17 bits per heavy atom. The average molecular weight is 253 g/mol. The van der Waals surface area contributed by atoms with Crippen LogP contribution in [0.3, 0.4) is 0 Å². The minimum absolute atomic E-state index is 0.151. The fourth-order valence-corrected chi connectivity index (χ4v) is 0.926. The van der Waals surface area contributed by atoms with Crippen LogP contribution >= 0.6 is 0 Å². The monoisotopic (exact) mass is 253 g/mol. The molecule has 1 rings (SSSR count). The van der Waals surface area contributed by atoms with Crippen LogP contribution in [0.1, 0.15) is 17.3 Å². The first-order valence-electron chi connectivity index (χ1n) is 4.98. The Morgan fingerprint density at radius 2 is 1.78 bits per heavy atom. The Balaban J connectivity index is 2.37. The van der Waals surface area contributed by atoms with Crippen molar-refractivity contribution in [3.63, 3.8) is 0 Å². The van der Waals surface area contributed by atoms with E-state index in [1.165, 1.54) is 24.5 Å². The Kier molecular flexibility index (Phi) is 5.10. The fraction of sp³-hybridized carbons (Fsp3) is 0.200. The highest BCUT2D eigenvalue weighted by atomic mass is 16.6. The number of nitrogens with one attached hydrogen (secondary N) is 2. The Hall–Kier alpha value is -2.64. The molecule has 1 aromatic rings. The molecular formula is C10H11N3O5. The summed E-state index contributed by atoms with van der Waals surface area (Å²) >= 11 is 0. The van der Waals surface area contributed by atoms with Crippen molar-refractivity contribution < 1.29 is 23.9 Å². The number of pyridine rings is 1. The molecule has 2 amide bonds. The highest BCUT2D eigenvalue weighted by Crippen LogP contribution is 1.98. The van der Waals surface area contributed by atoms with Crippen molar-refractivity contribution in [1.29, 1.82) is 0 Å². The van der Waals surface area contributed by atoms with Crippen molar-refractivity contribution in [2.45, 2.75) is 6.92 Å². The third kappa shape index (κ3) is 4.47. The molecule has 0 spiro atoms. The smallest absolute Gasteiger partial charge is 0.434 e. The summed E-state index contributed by atoms with van der Waals surface area (Å²) in [5, 5.41) is 0. The van der Waals surface area contributed by atoms with Gasteiger partial charge in [0.2, 0.25) is 0 Å². The topological polar surface area (TPSA) is 107 Å². The molecular weight excluding hydrogens is 242 g/mol. The molecule has 0 fully saturated rings. The molecule has 18 heavy (non-hydrogen) atoms. The van der Waals surface area contributed by atoms with Crippen LogP contribution in [-0.2, 0) is 9.47 Å². The normalized spacial score (nSPS) is 9.17. The molecule has 0 unspecified atom stereocenters. The molecule has 0 atom stereocenters. The van der Waals surface area contributed by atoms with Gasteiger partial charge in [0.1, 0.15) is 0 Å². The first-order valence-corrected chi connectivity index (χ1v) is 4.98. The number of ether oxygens (including phenoxy) is 2. The van der Waals surface area contributed by atoms with E-state index in [1.54, 1.807) is 6.92 Å². The van der Waals surface area contributed by atoms with E-state index in [4.69, 9.17) is 0 Å². The van der Waals surface area contributed by atoms with Gasteiger partial charge in [-0.25, -0.2) is 25.2 Å². The number of carbonyl (C=O) groups excluding carboxylic acids is 3. The van der Waals surface area contributed by atoms with Crippen molar-refractivity contribution >= 4 is 18.2 Å². The lowest BCUT2D eigenvalue weighted by Gasteiger charge is -2.06. The van der Waals surface area contributed by atoms with E-state index in [0.717, 1.165) is 0 Å². The zero-order chi connectivity index (χ0) is 13.4. The van der Waals surface area contributed by atoms with Gasteiger partial charge in [-0.2, -0.15) is 0 Å². The molecule has 0 radical (unpaired) electrons. The summed E-state index contributed by atoms with van der Waals surface area (Å²) in [4.78, 5) is 37.0. The Morgan fingerprint density at radius 3 is 2.39 bits per heavy atom. The van der Waals surface area contributed by atoms with E-state index in [1.807, 2.05) is 10.9 Å². The van der Waals surface area contributed by atoms with Gasteiger partial charge in [-0.15, -0.1) is 0 Å². The second kappa shape index (κ2) is 6.84. The average Bonchev–Trinajstić information content (AvgIpc) is 2.38. The minimum Gasteiger partial charge on any atom is -0.449 e. The molecule has 0 aliphatic heterocycles. The Bertz CT molecular complexity index is 434. The van der Waals surface area contributed by atoms with Crippen molar-refractivity contribution in [2.75, 3.05) is 6.61 Å². The predicted octanol–water partition coefficient (Wildman–Crippen LogP) is 0.609. The van der Waals surface area contributed by atoms with Gasteiger partial charge in [-0.1, -0.05) is 0 Å². The largest absolute Gasteiger partial charge is 0.449 e. The summed E-state index contributed by atoms with van der Waals surface area (Å²) in [5.74, 6) is -0.861. The SMILES string of the molecule is CCOC(=O)NNC(=O)OC(=O)c1ccncc1. The number of rotatable bonds is 2. The number of hydrazine groups is 1. The number of hydrogen-bond acceptors (Lipinski definition) is 6. The number of carbonyl (C=O) groups is 3. The van der Waals surface area contributed by atoms with Gasteiger partial charge in [0.05, 0.1) is 12.2 Å². The van der Waals surface area contributed by atoms with Crippen molar-refractivity contribution in [3.8, 4) is 0 Å². The van der Waals surface area contributed by atoms with Crippen LogP contribution in [0.2, 0.25) is 0 Å². The maximum Gasteiger partial charge on any atom is 0.434 e. The third-order valence-corrected chi connectivity index (χ3v) is 1.64. The minimum atomic E-state index is -1.12.